The monoisotopic (exact) mass is 218 g/mol. The Balaban J connectivity index is 2.85. The van der Waals surface area contributed by atoms with Crippen LogP contribution in [0.2, 0.25) is 0 Å². The maximum atomic E-state index is 11.9. The average Bonchev–Trinajstić information content (AvgIpc) is 2.36. The number of carbonyl (C=O) groups is 1. The molecule has 4 nitrogen and oxygen atoms in total. The number of ether oxygens (including phenoxy) is 1. The van der Waals surface area contributed by atoms with E-state index < -0.39 is 6.04 Å². The predicted molar refractivity (Wildman–Crippen MR) is 60.2 cm³/mol. The highest BCUT2D eigenvalue weighted by molar-refractivity contribution is 5.94. The molecule has 0 aromatic heterocycles. The zero-order chi connectivity index (χ0) is 12.1. The minimum absolute atomic E-state index is 0.170. The number of amides is 1. The van der Waals surface area contributed by atoms with Crippen molar-refractivity contribution >= 4 is 5.91 Å². The third-order valence-corrected chi connectivity index (χ3v) is 2.43. The van der Waals surface area contributed by atoms with Crippen molar-refractivity contribution in [3.63, 3.8) is 0 Å². The second-order valence-electron chi connectivity index (χ2n) is 3.45. The molecular weight excluding hydrogens is 204 g/mol. The molecule has 0 aliphatic rings. The Kier molecular flexibility index (Phi) is 3.90. The summed E-state index contributed by atoms with van der Waals surface area (Å²) >= 11 is 0. The molecule has 0 N–H and O–H groups in total. The van der Waals surface area contributed by atoms with Gasteiger partial charge in [-0.3, -0.25) is 4.79 Å². The molecule has 1 aromatic carbocycles. The van der Waals surface area contributed by atoms with E-state index >= 15 is 0 Å². The first-order valence-electron chi connectivity index (χ1n) is 4.91. The third-order valence-electron chi connectivity index (χ3n) is 2.43. The molecule has 1 unspecified atom stereocenters. The minimum Gasteiger partial charge on any atom is -0.497 e. The lowest BCUT2D eigenvalue weighted by atomic mass is 10.2. The van der Waals surface area contributed by atoms with Gasteiger partial charge in [0, 0.05) is 12.6 Å². The molecule has 0 fully saturated rings. The number of carbonyl (C=O) groups excluding carboxylic acids is 1. The van der Waals surface area contributed by atoms with Crippen LogP contribution < -0.4 is 4.74 Å². The summed E-state index contributed by atoms with van der Waals surface area (Å²) in [6.07, 6.45) is 0. The largest absolute Gasteiger partial charge is 0.497 e. The van der Waals surface area contributed by atoms with Gasteiger partial charge in [0.2, 0.25) is 0 Å². The van der Waals surface area contributed by atoms with E-state index in [-0.39, 0.29) is 5.91 Å². The van der Waals surface area contributed by atoms with Crippen LogP contribution in [0.4, 0.5) is 0 Å². The van der Waals surface area contributed by atoms with Crippen molar-refractivity contribution in [2.75, 3.05) is 14.2 Å². The summed E-state index contributed by atoms with van der Waals surface area (Å²) < 4.78 is 5.00. The van der Waals surface area contributed by atoms with Gasteiger partial charge < -0.3 is 9.64 Å². The molecule has 0 heterocycles. The minimum atomic E-state index is -0.436. The lowest BCUT2D eigenvalue weighted by Gasteiger charge is -2.19. The molecule has 0 aliphatic carbocycles. The summed E-state index contributed by atoms with van der Waals surface area (Å²) in [6.45, 7) is 1.68. The Morgan fingerprint density at radius 3 is 2.44 bits per heavy atom. The van der Waals surface area contributed by atoms with Gasteiger partial charge in [-0.2, -0.15) is 5.26 Å². The van der Waals surface area contributed by atoms with E-state index in [4.69, 9.17) is 10.00 Å². The highest BCUT2D eigenvalue weighted by Gasteiger charge is 2.16. The van der Waals surface area contributed by atoms with E-state index in [1.807, 2.05) is 6.07 Å². The Morgan fingerprint density at radius 2 is 2.00 bits per heavy atom. The second-order valence-corrected chi connectivity index (χ2v) is 3.45. The van der Waals surface area contributed by atoms with Crippen LogP contribution in [0.5, 0.6) is 5.75 Å². The fraction of sp³-hybridized carbons (Fsp3) is 0.333. The van der Waals surface area contributed by atoms with Crippen LogP contribution in [0.1, 0.15) is 17.3 Å². The molecular formula is C12H14N2O2. The van der Waals surface area contributed by atoms with Crippen molar-refractivity contribution in [3.05, 3.63) is 29.8 Å². The molecule has 0 radical (unpaired) electrons. The maximum Gasteiger partial charge on any atom is 0.254 e. The number of hydrogen-bond donors (Lipinski definition) is 0. The number of nitriles is 1. The zero-order valence-corrected chi connectivity index (χ0v) is 9.60. The normalized spacial score (nSPS) is 11.4. The molecule has 0 bridgehead atoms. The van der Waals surface area contributed by atoms with E-state index in [1.54, 1.807) is 45.3 Å². The van der Waals surface area contributed by atoms with Crippen LogP contribution in [0.3, 0.4) is 0 Å². The van der Waals surface area contributed by atoms with E-state index in [0.29, 0.717) is 11.3 Å². The first-order valence-corrected chi connectivity index (χ1v) is 4.91. The van der Waals surface area contributed by atoms with Crippen LogP contribution in [-0.4, -0.2) is 31.0 Å². The van der Waals surface area contributed by atoms with E-state index in [9.17, 15) is 4.79 Å². The topological polar surface area (TPSA) is 53.3 Å². The summed E-state index contributed by atoms with van der Waals surface area (Å²) in [6, 6.07) is 8.39. The Labute approximate surface area is 95.0 Å². The van der Waals surface area contributed by atoms with Crippen molar-refractivity contribution in [1.82, 2.24) is 4.90 Å². The first-order chi connectivity index (χ1) is 7.60. The lowest BCUT2D eigenvalue weighted by Crippen LogP contribution is -2.33. The zero-order valence-electron chi connectivity index (χ0n) is 9.60. The molecule has 0 saturated heterocycles. The molecule has 1 atom stereocenters. The average molecular weight is 218 g/mol. The summed E-state index contributed by atoms with van der Waals surface area (Å²) in [5.74, 6) is 0.532. The van der Waals surface area contributed by atoms with Gasteiger partial charge in [-0.05, 0) is 31.2 Å². The van der Waals surface area contributed by atoms with Gasteiger partial charge in [0.05, 0.1) is 13.2 Å². The number of methoxy groups -OCH3 is 1. The van der Waals surface area contributed by atoms with Crippen molar-refractivity contribution in [2.24, 2.45) is 0 Å². The molecule has 1 amide bonds. The SMILES string of the molecule is COc1ccc(C(=O)N(C)C(C)C#N)cc1. The second kappa shape index (κ2) is 5.17. The van der Waals surface area contributed by atoms with E-state index in [0.717, 1.165) is 0 Å². The first kappa shape index (κ1) is 12.1. The molecule has 84 valence electrons. The van der Waals surface area contributed by atoms with Crippen LogP contribution in [0, 0.1) is 11.3 Å². The molecule has 1 rings (SSSR count). The molecule has 4 heteroatoms. The number of hydrogen-bond acceptors (Lipinski definition) is 3. The predicted octanol–water partition coefficient (Wildman–Crippen LogP) is 1.68. The Bertz CT molecular complexity index is 406. The number of benzene rings is 1. The van der Waals surface area contributed by atoms with Crippen molar-refractivity contribution in [2.45, 2.75) is 13.0 Å². The standard InChI is InChI=1S/C12H14N2O2/c1-9(8-13)14(2)12(15)10-4-6-11(16-3)7-5-10/h4-7,9H,1-3H3. The molecule has 0 saturated carbocycles. The number of rotatable bonds is 3. The van der Waals surface area contributed by atoms with Gasteiger partial charge >= 0.3 is 0 Å². The highest BCUT2D eigenvalue weighted by atomic mass is 16.5. The lowest BCUT2D eigenvalue weighted by molar-refractivity contribution is 0.0773. The maximum absolute atomic E-state index is 11.9. The quantitative estimate of drug-likeness (QED) is 0.775. The van der Waals surface area contributed by atoms with Crippen molar-refractivity contribution in [3.8, 4) is 11.8 Å². The van der Waals surface area contributed by atoms with Gasteiger partial charge in [0.1, 0.15) is 11.8 Å². The fourth-order valence-electron chi connectivity index (χ4n) is 1.20. The molecule has 0 aliphatic heterocycles. The summed E-state index contributed by atoms with van der Waals surface area (Å²) in [4.78, 5) is 13.3. The van der Waals surface area contributed by atoms with Crippen LogP contribution in [0.15, 0.2) is 24.3 Å². The Hall–Kier alpha value is -2.02. The van der Waals surface area contributed by atoms with Crippen molar-refractivity contribution in [1.29, 1.82) is 5.26 Å². The van der Waals surface area contributed by atoms with Gasteiger partial charge in [-0.25, -0.2) is 0 Å². The van der Waals surface area contributed by atoms with Crippen LogP contribution in [0.25, 0.3) is 0 Å². The Morgan fingerprint density at radius 1 is 1.44 bits per heavy atom. The van der Waals surface area contributed by atoms with Crippen LogP contribution >= 0.6 is 0 Å². The van der Waals surface area contributed by atoms with Gasteiger partial charge in [-0.15, -0.1) is 0 Å². The smallest absolute Gasteiger partial charge is 0.254 e. The summed E-state index contributed by atoms with van der Waals surface area (Å²) in [5, 5.41) is 8.72. The van der Waals surface area contributed by atoms with E-state index in [2.05, 4.69) is 0 Å². The van der Waals surface area contributed by atoms with Gasteiger partial charge in [0.25, 0.3) is 5.91 Å². The third kappa shape index (κ3) is 2.51. The van der Waals surface area contributed by atoms with E-state index in [1.165, 1.54) is 4.90 Å². The van der Waals surface area contributed by atoms with Crippen LogP contribution in [-0.2, 0) is 0 Å². The van der Waals surface area contributed by atoms with Gasteiger partial charge in [0.15, 0.2) is 0 Å². The summed E-state index contributed by atoms with van der Waals surface area (Å²) in [7, 11) is 3.18. The van der Waals surface area contributed by atoms with Crippen molar-refractivity contribution < 1.29 is 9.53 Å². The van der Waals surface area contributed by atoms with Gasteiger partial charge in [-0.1, -0.05) is 0 Å². The molecule has 0 spiro atoms. The molecule has 16 heavy (non-hydrogen) atoms. The highest BCUT2D eigenvalue weighted by Crippen LogP contribution is 2.13. The summed E-state index contributed by atoms with van der Waals surface area (Å²) in [5.41, 5.74) is 0.547. The molecule has 1 aromatic rings. The number of nitrogens with zero attached hydrogens (tertiary/aromatic N) is 2. The fourth-order valence-corrected chi connectivity index (χ4v) is 1.20.